The quantitative estimate of drug-likeness (QED) is 0.787. The molecule has 4 fully saturated rings. The van der Waals surface area contributed by atoms with Gasteiger partial charge in [-0.3, -0.25) is 0 Å². The smallest absolute Gasteiger partial charge is 0.201 e. The number of benzene rings is 1. The number of hydrogen-bond acceptors (Lipinski definition) is 3. The summed E-state index contributed by atoms with van der Waals surface area (Å²) in [6.45, 7) is 0. The molecule has 1 heterocycles. The molecule has 2 aromatic rings. The maximum Gasteiger partial charge on any atom is 0.201 e. The number of oxazole rings is 1. The van der Waals surface area contributed by atoms with Gasteiger partial charge in [0.25, 0.3) is 0 Å². The molecule has 21 heavy (non-hydrogen) atoms. The van der Waals surface area contributed by atoms with Crippen LogP contribution in [0.2, 0.25) is 5.02 Å². The van der Waals surface area contributed by atoms with Crippen LogP contribution in [0.3, 0.4) is 0 Å². The number of aromatic nitrogens is 1. The van der Waals surface area contributed by atoms with Gasteiger partial charge in [0.05, 0.1) is 10.7 Å². The van der Waals surface area contributed by atoms with Gasteiger partial charge in [-0.05, 0) is 62.3 Å². The summed E-state index contributed by atoms with van der Waals surface area (Å²) in [6.07, 6.45) is 8.06. The zero-order chi connectivity index (χ0) is 14.2. The first-order valence-electron chi connectivity index (χ1n) is 7.97. The van der Waals surface area contributed by atoms with Gasteiger partial charge in [-0.15, -0.1) is 0 Å². The Kier molecular flexibility index (Phi) is 2.32. The van der Waals surface area contributed by atoms with E-state index in [1.807, 2.05) is 12.1 Å². The summed E-state index contributed by atoms with van der Waals surface area (Å²) in [5, 5.41) is 0.563. The van der Waals surface area contributed by atoms with E-state index < -0.39 is 0 Å². The Hall–Kier alpha value is -1.22. The van der Waals surface area contributed by atoms with Gasteiger partial charge in [0.1, 0.15) is 5.52 Å². The van der Waals surface area contributed by atoms with E-state index in [0.29, 0.717) is 10.7 Å². The molecule has 0 saturated heterocycles. The fourth-order valence-corrected chi connectivity index (χ4v) is 5.72. The minimum absolute atomic E-state index is 0.189. The van der Waals surface area contributed by atoms with Crippen molar-refractivity contribution in [3.8, 4) is 0 Å². The van der Waals surface area contributed by atoms with Crippen LogP contribution in [-0.4, -0.2) is 4.98 Å². The summed E-state index contributed by atoms with van der Waals surface area (Å²) in [4.78, 5) is 4.80. The van der Waals surface area contributed by atoms with Crippen LogP contribution in [-0.2, 0) is 5.41 Å². The van der Waals surface area contributed by atoms with E-state index in [4.69, 9.17) is 26.7 Å². The summed E-state index contributed by atoms with van der Waals surface area (Å²) in [6, 6.07) is 3.65. The van der Waals surface area contributed by atoms with Gasteiger partial charge in [0, 0.05) is 11.5 Å². The molecule has 0 spiro atoms. The van der Waals surface area contributed by atoms with Crippen molar-refractivity contribution in [3.05, 3.63) is 23.0 Å². The highest BCUT2D eigenvalue weighted by Gasteiger charge is 2.54. The monoisotopic (exact) mass is 302 g/mol. The third kappa shape index (κ3) is 1.70. The maximum absolute atomic E-state index is 6.14. The molecule has 0 radical (unpaired) electrons. The van der Waals surface area contributed by atoms with Gasteiger partial charge >= 0.3 is 0 Å². The van der Waals surface area contributed by atoms with E-state index >= 15 is 0 Å². The summed E-state index contributed by atoms with van der Waals surface area (Å²) >= 11 is 6.11. The van der Waals surface area contributed by atoms with Crippen LogP contribution in [0.4, 0.5) is 5.69 Å². The molecule has 0 atom stereocenters. The first-order valence-corrected chi connectivity index (χ1v) is 8.35. The molecule has 4 aliphatic rings. The molecule has 4 bridgehead atoms. The molecule has 0 amide bonds. The summed E-state index contributed by atoms with van der Waals surface area (Å²) in [5.74, 6) is 3.61. The number of nitrogens with two attached hydrogens (primary N) is 1. The van der Waals surface area contributed by atoms with Crippen molar-refractivity contribution >= 4 is 28.4 Å². The fraction of sp³-hybridized carbons (Fsp3) is 0.588. The van der Waals surface area contributed by atoms with Gasteiger partial charge in [0.2, 0.25) is 5.89 Å². The lowest BCUT2D eigenvalue weighted by Crippen LogP contribution is -2.48. The second-order valence-electron chi connectivity index (χ2n) is 7.56. The molecule has 4 saturated carbocycles. The zero-order valence-corrected chi connectivity index (χ0v) is 12.7. The van der Waals surface area contributed by atoms with Crippen LogP contribution >= 0.6 is 11.6 Å². The fourth-order valence-electron chi connectivity index (χ4n) is 5.56. The maximum atomic E-state index is 6.14. The molecule has 110 valence electrons. The van der Waals surface area contributed by atoms with E-state index in [9.17, 15) is 0 Å². The molecular formula is C17H19ClN2O. The largest absolute Gasteiger partial charge is 0.440 e. The van der Waals surface area contributed by atoms with Crippen LogP contribution in [0.1, 0.15) is 44.4 Å². The highest BCUT2D eigenvalue weighted by Crippen LogP contribution is 2.60. The standard InChI is InChI=1S/C17H19ClN2O/c18-12-4-14-15(5-13(12)19)21-16(20-14)17-6-9-1-10(7-17)3-11(2-9)8-17/h4-5,9-11H,1-3,6-8,19H2. The topological polar surface area (TPSA) is 52.0 Å². The lowest BCUT2D eigenvalue weighted by molar-refractivity contribution is -0.0170. The number of halogens is 1. The van der Waals surface area contributed by atoms with Crippen molar-refractivity contribution in [2.75, 3.05) is 5.73 Å². The first-order chi connectivity index (χ1) is 10.1. The van der Waals surface area contributed by atoms with Crippen molar-refractivity contribution < 1.29 is 4.42 Å². The minimum atomic E-state index is 0.189. The molecule has 3 nitrogen and oxygen atoms in total. The van der Waals surface area contributed by atoms with E-state index in [1.165, 1.54) is 38.5 Å². The Balaban J connectivity index is 1.63. The van der Waals surface area contributed by atoms with Crippen LogP contribution in [0.15, 0.2) is 16.5 Å². The zero-order valence-electron chi connectivity index (χ0n) is 11.9. The number of rotatable bonds is 1. The Labute approximate surface area is 128 Å². The highest BCUT2D eigenvalue weighted by atomic mass is 35.5. The average molecular weight is 303 g/mol. The van der Waals surface area contributed by atoms with Crippen LogP contribution in [0.25, 0.3) is 11.1 Å². The molecule has 6 rings (SSSR count). The van der Waals surface area contributed by atoms with Crippen LogP contribution in [0.5, 0.6) is 0 Å². The second kappa shape index (κ2) is 3.95. The van der Waals surface area contributed by atoms with Crippen molar-refractivity contribution in [1.29, 1.82) is 0 Å². The van der Waals surface area contributed by atoms with E-state index in [0.717, 1.165) is 34.7 Å². The lowest BCUT2D eigenvalue weighted by Gasteiger charge is -2.55. The molecule has 0 aliphatic heterocycles. The molecule has 2 N–H and O–H groups in total. The highest BCUT2D eigenvalue weighted by molar-refractivity contribution is 6.33. The minimum Gasteiger partial charge on any atom is -0.440 e. The van der Waals surface area contributed by atoms with Crippen molar-refractivity contribution in [3.63, 3.8) is 0 Å². The third-order valence-corrected chi connectivity index (χ3v) is 6.33. The number of anilines is 1. The predicted octanol–water partition coefficient (Wildman–Crippen LogP) is 4.53. The van der Waals surface area contributed by atoms with Gasteiger partial charge in [0.15, 0.2) is 5.58 Å². The number of nitrogen functional groups attached to an aromatic ring is 1. The van der Waals surface area contributed by atoms with E-state index in [2.05, 4.69) is 0 Å². The van der Waals surface area contributed by atoms with Gasteiger partial charge in [-0.25, -0.2) is 4.98 Å². The van der Waals surface area contributed by atoms with E-state index in [-0.39, 0.29) is 5.41 Å². The van der Waals surface area contributed by atoms with Crippen molar-refractivity contribution in [1.82, 2.24) is 4.98 Å². The Morgan fingerprint density at radius 1 is 1.10 bits per heavy atom. The van der Waals surface area contributed by atoms with Gasteiger partial charge < -0.3 is 10.2 Å². The number of hydrogen-bond donors (Lipinski definition) is 1. The summed E-state index contributed by atoms with van der Waals surface area (Å²) < 4.78 is 6.14. The first kappa shape index (κ1) is 12.3. The number of nitrogens with zero attached hydrogens (tertiary/aromatic N) is 1. The van der Waals surface area contributed by atoms with Gasteiger partial charge in [-0.2, -0.15) is 0 Å². The predicted molar refractivity (Wildman–Crippen MR) is 83.3 cm³/mol. The Bertz CT molecular complexity index is 661. The summed E-state index contributed by atoms with van der Waals surface area (Å²) in [5.41, 5.74) is 8.27. The summed E-state index contributed by atoms with van der Waals surface area (Å²) in [7, 11) is 0. The molecule has 4 aliphatic carbocycles. The van der Waals surface area contributed by atoms with Crippen LogP contribution < -0.4 is 5.73 Å². The normalized spacial score (nSPS) is 37.5. The molecular weight excluding hydrogens is 284 g/mol. The van der Waals surface area contributed by atoms with Crippen molar-refractivity contribution in [2.45, 2.75) is 43.9 Å². The second-order valence-corrected chi connectivity index (χ2v) is 7.97. The van der Waals surface area contributed by atoms with Gasteiger partial charge in [-0.1, -0.05) is 11.6 Å². The number of fused-ring (bicyclic) bond motifs is 1. The Morgan fingerprint density at radius 2 is 1.71 bits per heavy atom. The molecule has 1 aromatic carbocycles. The third-order valence-electron chi connectivity index (χ3n) is 6.00. The van der Waals surface area contributed by atoms with E-state index in [1.54, 1.807) is 0 Å². The molecule has 0 unspecified atom stereocenters. The SMILES string of the molecule is Nc1cc2oc(C34CC5CC(CC(C5)C3)C4)nc2cc1Cl. The molecule has 1 aromatic heterocycles. The van der Waals surface area contributed by atoms with Crippen LogP contribution in [0, 0.1) is 17.8 Å². The lowest BCUT2D eigenvalue weighted by atomic mass is 9.49. The Morgan fingerprint density at radius 3 is 2.33 bits per heavy atom. The average Bonchev–Trinajstić information content (AvgIpc) is 2.81. The molecule has 4 heteroatoms. The van der Waals surface area contributed by atoms with Crippen molar-refractivity contribution in [2.24, 2.45) is 17.8 Å².